The number of carbonyl (C=O) groups excluding carboxylic acids is 2. The highest BCUT2D eigenvalue weighted by Crippen LogP contribution is 2.23. The van der Waals surface area contributed by atoms with Crippen molar-refractivity contribution < 1.29 is 18.0 Å². The Hall–Kier alpha value is -3.00. The van der Waals surface area contributed by atoms with Gasteiger partial charge in [0.25, 0.3) is 5.91 Å². The number of benzene rings is 3. The lowest BCUT2D eigenvalue weighted by atomic mass is 10.0. The summed E-state index contributed by atoms with van der Waals surface area (Å²) in [5.74, 6) is -0.619. The summed E-state index contributed by atoms with van der Waals surface area (Å²) in [5, 5.41) is 7.96. The van der Waals surface area contributed by atoms with Crippen molar-refractivity contribution in [2.75, 3.05) is 6.54 Å². The molecule has 3 aromatic rings. The highest BCUT2D eigenvalue weighted by Gasteiger charge is 2.17. The molecule has 0 saturated carbocycles. The second kappa shape index (κ2) is 10.5. The van der Waals surface area contributed by atoms with Crippen molar-refractivity contribution in [1.29, 1.82) is 0 Å². The Bertz CT molecular complexity index is 1210. The molecule has 0 spiro atoms. The van der Waals surface area contributed by atoms with Crippen molar-refractivity contribution in [2.24, 2.45) is 5.14 Å². The number of nitrogens with two attached hydrogens (primary N) is 1. The molecule has 0 radical (unpaired) electrons. The monoisotopic (exact) mass is 470 g/mol. The molecular formula is C24H23ClN2O4S. The van der Waals surface area contributed by atoms with E-state index < -0.39 is 15.8 Å². The van der Waals surface area contributed by atoms with E-state index in [2.05, 4.69) is 17.4 Å². The Morgan fingerprint density at radius 3 is 2.12 bits per heavy atom. The van der Waals surface area contributed by atoms with Gasteiger partial charge in [-0.15, -0.1) is 0 Å². The van der Waals surface area contributed by atoms with Gasteiger partial charge in [0.15, 0.2) is 5.78 Å². The van der Waals surface area contributed by atoms with Crippen LogP contribution in [0.15, 0.2) is 77.7 Å². The summed E-state index contributed by atoms with van der Waals surface area (Å²) in [5.41, 5.74) is 2.16. The van der Waals surface area contributed by atoms with E-state index in [9.17, 15) is 18.0 Å². The Morgan fingerprint density at radius 1 is 0.844 bits per heavy atom. The molecule has 166 valence electrons. The minimum Gasteiger partial charge on any atom is -0.352 e. The zero-order chi connectivity index (χ0) is 23.1. The molecule has 0 unspecified atom stereocenters. The highest BCUT2D eigenvalue weighted by atomic mass is 35.5. The van der Waals surface area contributed by atoms with Gasteiger partial charge in [0.1, 0.15) is 4.90 Å². The first kappa shape index (κ1) is 23.7. The van der Waals surface area contributed by atoms with Crippen LogP contribution in [0.4, 0.5) is 0 Å². The maximum absolute atomic E-state index is 12.7. The molecule has 32 heavy (non-hydrogen) atoms. The molecule has 0 aliphatic carbocycles. The molecule has 0 aromatic heterocycles. The van der Waals surface area contributed by atoms with Gasteiger partial charge in [-0.3, -0.25) is 9.59 Å². The molecule has 0 saturated heterocycles. The van der Waals surface area contributed by atoms with Crippen LogP contribution in [0.25, 0.3) is 0 Å². The fourth-order valence-corrected chi connectivity index (χ4v) is 4.28. The zero-order valence-electron chi connectivity index (χ0n) is 17.3. The summed E-state index contributed by atoms with van der Waals surface area (Å²) in [7, 11) is -4.06. The van der Waals surface area contributed by atoms with Crippen LogP contribution in [0, 0.1) is 0 Å². The number of nitrogens with one attached hydrogen (secondary N) is 1. The van der Waals surface area contributed by atoms with Crippen LogP contribution in [0.1, 0.15) is 44.7 Å². The van der Waals surface area contributed by atoms with E-state index in [0.29, 0.717) is 17.7 Å². The van der Waals surface area contributed by atoms with Crippen molar-refractivity contribution in [1.82, 2.24) is 5.32 Å². The van der Waals surface area contributed by atoms with E-state index in [1.54, 1.807) is 12.1 Å². The van der Waals surface area contributed by atoms with E-state index in [1.165, 1.54) is 29.8 Å². The molecule has 3 rings (SSSR count). The second-order valence-electron chi connectivity index (χ2n) is 7.30. The van der Waals surface area contributed by atoms with E-state index in [4.69, 9.17) is 16.7 Å². The van der Waals surface area contributed by atoms with Gasteiger partial charge in [0.2, 0.25) is 10.0 Å². The number of hydrogen-bond acceptors (Lipinski definition) is 4. The number of carbonyl (C=O) groups is 2. The first-order valence-corrected chi connectivity index (χ1v) is 12.0. The SMILES string of the molecule is NS(=O)(=O)c1cc(C(=O)c2ccc(C(=O)NCCCCc3ccccc3)cc2)ccc1Cl. The van der Waals surface area contributed by atoms with Gasteiger partial charge in [-0.2, -0.15) is 0 Å². The minimum absolute atomic E-state index is 0.0557. The first-order chi connectivity index (χ1) is 15.3. The van der Waals surface area contributed by atoms with E-state index in [1.807, 2.05) is 18.2 Å². The van der Waals surface area contributed by atoms with Gasteiger partial charge < -0.3 is 5.32 Å². The standard InChI is InChI=1S/C24H23ClN2O4S/c25-21-14-13-20(16-22(21)32(26,30)31)23(28)18-9-11-19(12-10-18)24(29)27-15-5-4-8-17-6-2-1-3-7-17/h1-3,6-7,9-14,16H,4-5,8,15H2,(H,27,29)(H2,26,30,31). The fraction of sp³-hybridized carbons (Fsp3) is 0.167. The first-order valence-electron chi connectivity index (χ1n) is 10.0. The maximum Gasteiger partial charge on any atom is 0.251 e. The molecule has 0 aliphatic rings. The Labute approximate surface area is 192 Å². The average Bonchev–Trinajstić information content (AvgIpc) is 2.78. The number of aryl methyl sites for hydroxylation is 1. The van der Waals surface area contributed by atoms with Crippen molar-refractivity contribution >= 4 is 33.3 Å². The topological polar surface area (TPSA) is 106 Å². The summed E-state index contributed by atoms with van der Waals surface area (Å²) >= 11 is 5.86. The van der Waals surface area contributed by atoms with Crippen molar-refractivity contribution in [3.05, 3.63) is 100 Å². The largest absolute Gasteiger partial charge is 0.352 e. The third-order valence-corrected chi connectivity index (χ3v) is 6.32. The second-order valence-corrected chi connectivity index (χ2v) is 9.23. The predicted molar refractivity (Wildman–Crippen MR) is 124 cm³/mol. The van der Waals surface area contributed by atoms with Gasteiger partial charge >= 0.3 is 0 Å². The van der Waals surface area contributed by atoms with Gasteiger partial charge in [-0.1, -0.05) is 54.1 Å². The van der Waals surface area contributed by atoms with Crippen LogP contribution < -0.4 is 10.5 Å². The van der Waals surface area contributed by atoms with Crippen molar-refractivity contribution in [3.8, 4) is 0 Å². The highest BCUT2D eigenvalue weighted by molar-refractivity contribution is 7.89. The normalized spacial score (nSPS) is 11.2. The summed E-state index contributed by atoms with van der Waals surface area (Å²) in [6.07, 6.45) is 2.80. The Morgan fingerprint density at radius 2 is 1.47 bits per heavy atom. The predicted octanol–water partition coefficient (Wildman–Crippen LogP) is 3.97. The number of unbranched alkanes of at least 4 members (excludes halogenated alkanes) is 1. The van der Waals surface area contributed by atoms with E-state index >= 15 is 0 Å². The summed E-state index contributed by atoms with van der Waals surface area (Å²) in [6, 6.07) is 20.2. The number of halogens is 1. The minimum atomic E-state index is -4.06. The average molecular weight is 471 g/mol. The Kier molecular flexibility index (Phi) is 7.80. The number of rotatable bonds is 9. The third-order valence-electron chi connectivity index (χ3n) is 4.93. The van der Waals surface area contributed by atoms with Crippen molar-refractivity contribution in [2.45, 2.75) is 24.2 Å². The summed E-state index contributed by atoms with van der Waals surface area (Å²) in [6.45, 7) is 0.563. The van der Waals surface area contributed by atoms with Gasteiger partial charge in [0, 0.05) is 23.2 Å². The fourth-order valence-electron chi connectivity index (χ4n) is 3.21. The Balaban J connectivity index is 1.56. The molecule has 3 N–H and O–H groups in total. The van der Waals surface area contributed by atoms with Gasteiger partial charge in [-0.05, 0) is 55.2 Å². The van der Waals surface area contributed by atoms with Crippen molar-refractivity contribution in [3.63, 3.8) is 0 Å². The van der Waals surface area contributed by atoms with E-state index in [0.717, 1.165) is 25.3 Å². The van der Waals surface area contributed by atoms with Gasteiger partial charge in [0.05, 0.1) is 5.02 Å². The smallest absolute Gasteiger partial charge is 0.251 e. The number of ketones is 1. The lowest BCUT2D eigenvalue weighted by molar-refractivity contribution is 0.0951. The number of sulfonamides is 1. The van der Waals surface area contributed by atoms with Crippen LogP contribution in [-0.2, 0) is 16.4 Å². The van der Waals surface area contributed by atoms with Gasteiger partial charge in [-0.25, -0.2) is 13.6 Å². The van der Waals surface area contributed by atoms with Crippen LogP contribution in [-0.4, -0.2) is 26.7 Å². The summed E-state index contributed by atoms with van der Waals surface area (Å²) < 4.78 is 23.2. The zero-order valence-corrected chi connectivity index (χ0v) is 18.8. The molecule has 0 bridgehead atoms. The van der Waals surface area contributed by atoms with Crippen LogP contribution >= 0.6 is 11.6 Å². The molecule has 0 aliphatic heterocycles. The molecule has 6 nitrogen and oxygen atoms in total. The third kappa shape index (κ3) is 6.26. The molecule has 1 amide bonds. The van der Waals surface area contributed by atoms with E-state index in [-0.39, 0.29) is 21.4 Å². The number of primary sulfonamides is 1. The lowest BCUT2D eigenvalue weighted by Gasteiger charge is -2.08. The molecule has 3 aromatic carbocycles. The summed E-state index contributed by atoms with van der Waals surface area (Å²) in [4.78, 5) is 24.7. The molecule has 0 heterocycles. The number of hydrogen-bond donors (Lipinski definition) is 2. The number of amides is 1. The van der Waals surface area contributed by atoms with Crippen LogP contribution in [0.5, 0.6) is 0 Å². The maximum atomic E-state index is 12.7. The van der Waals surface area contributed by atoms with Crippen LogP contribution in [0.3, 0.4) is 0 Å². The molecular weight excluding hydrogens is 448 g/mol. The van der Waals surface area contributed by atoms with Crippen LogP contribution in [0.2, 0.25) is 5.02 Å². The molecule has 0 fully saturated rings. The molecule has 0 atom stereocenters. The quantitative estimate of drug-likeness (QED) is 0.364. The molecule has 8 heteroatoms. The lowest BCUT2D eigenvalue weighted by Crippen LogP contribution is -2.24.